The summed E-state index contributed by atoms with van der Waals surface area (Å²) in [6.07, 6.45) is 3.84. The largest absolute Gasteiger partial charge is 0.279 e. The van der Waals surface area contributed by atoms with E-state index in [-0.39, 0.29) is 0 Å². The van der Waals surface area contributed by atoms with E-state index in [1.54, 1.807) is 4.31 Å². The minimum atomic E-state index is -3.31. The van der Waals surface area contributed by atoms with Crippen LogP contribution in [-0.4, -0.2) is 36.7 Å². The van der Waals surface area contributed by atoms with Crippen molar-refractivity contribution < 1.29 is 8.42 Å². The van der Waals surface area contributed by atoms with Crippen LogP contribution in [0.1, 0.15) is 39.5 Å². The quantitative estimate of drug-likeness (QED) is 0.788. The predicted octanol–water partition coefficient (Wildman–Crippen LogP) is 1.87. The molecule has 1 saturated heterocycles. The molecule has 0 saturated carbocycles. The second-order valence-electron chi connectivity index (χ2n) is 4.61. The molecule has 6 heteroatoms. The van der Waals surface area contributed by atoms with E-state index in [0.29, 0.717) is 18.4 Å². The fourth-order valence-electron chi connectivity index (χ4n) is 1.68. The Hall–Kier alpha value is 0.350. The van der Waals surface area contributed by atoms with Crippen LogP contribution in [0.4, 0.5) is 0 Å². The number of hydrogen-bond acceptors (Lipinski definition) is 2. The van der Waals surface area contributed by atoms with Gasteiger partial charge < -0.3 is 0 Å². The average Bonchev–Trinajstić information content (AvgIpc) is 2.29. The zero-order valence-corrected chi connectivity index (χ0v) is 12.4. The van der Waals surface area contributed by atoms with Gasteiger partial charge in [-0.15, -0.1) is 0 Å². The number of rotatable bonds is 5. The molecule has 1 atom stereocenters. The highest BCUT2D eigenvalue weighted by Crippen LogP contribution is 2.18. The first-order valence-electron chi connectivity index (χ1n) is 5.78. The predicted molar refractivity (Wildman–Crippen MR) is 70.0 cm³/mol. The molecule has 0 amide bonds. The highest BCUT2D eigenvalue weighted by atomic mass is 79.9. The first kappa shape index (κ1) is 14.4. The molecule has 1 fully saturated rings. The van der Waals surface area contributed by atoms with Gasteiger partial charge in [-0.2, -0.15) is 17.4 Å². The summed E-state index contributed by atoms with van der Waals surface area (Å²) in [6.45, 7) is 5.21. The van der Waals surface area contributed by atoms with Gasteiger partial charge in [-0.3, -0.25) is 0 Å². The maximum absolute atomic E-state index is 12.1. The van der Waals surface area contributed by atoms with Gasteiger partial charge >= 0.3 is 0 Å². The topological polar surface area (TPSA) is 49.4 Å². The van der Waals surface area contributed by atoms with Crippen LogP contribution >= 0.6 is 15.9 Å². The number of nitrogens with zero attached hydrogens (tertiary/aromatic N) is 1. The maximum Gasteiger partial charge on any atom is 0.279 e. The lowest BCUT2D eigenvalue weighted by Crippen LogP contribution is -2.53. The summed E-state index contributed by atoms with van der Waals surface area (Å²) in [6, 6.07) is 0. The van der Waals surface area contributed by atoms with Gasteiger partial charge in [0.25, 0.3) is 10.2 Å². The van der Waals surface area contributed by atoms with Gasteiger partial charge in [0.15, 0.2) is 0 Å². The van der Waals surface area contributed by atoms with Crippen LogP contribution in [0.3, 0.4) is 0 Å². The number of alkyl halides is 1. The number of hydrogen-bond donors (Lipinski definition) is 1. The van der Waals surface area contributed by atoms with E-state index in [9.17, 15) is 8.42 Å². The highest BCUT2D eigenvalue weighted by Gasteiger charge is 2.31. The van der Waals surface area contributed by atoms with E-state index in [1.807, 2.05) is 13.8 Å². The summed E-state index contributed by atoms with van der Waals surface area (Å²) in [4.78, 5) is 0. The second kappa shape index (κ2) is 5.80. The van der Waals surface area contributed by atoms with Gasteiger partial charge in [0.2, 0.25) is 0 Å². The molecule has 1 rings (SSSR count). The summed E-state index contributed by atoms with van der Waals surface area (Å²) < 4.78 is 28.6. The van der Waals surface area contributed by atoms with Gasteiger partial charge in [0, 0.05) is 24.0 Å². The minimum absolute atomic E-state index is 0.393. The number of halogens is 1. The molecule has 0 aromatic carbocycles. The van der Waals surface area contributed by atoms with Crippen LogP contribution < -0.4 is 4.72 Å². The van der Waals surface area contributed by atoms with Crippen LogP contribution in [0, 0.1) is 0 Å². The van der Waals surface area contributed by atoms with Crippen molar-refractivity contribution in [1.29, 1.82) is 0 Å². The fourth-order valence-corrected chi connectivity index (χ4v) is 4.10. The van der Waals surface area contributed by atoms with Crippen molar-refractivity contribution in [3.05, 3.63) is 0 Å². The Kier molecular flexibility index (Phi) is 5.22. The van der Waals surface area contributed by atoms with E-state index in [4.69, 9.17) is 0 Å². The van der Waals surface area contributed by atoms with E-state index in [1.165, 1.54) is 0 Å². The molecule has 4 nitrogen and oxygen atoms in total. The zero-order chi connectivity index (χ0) is 12.2. The first-order valence-corrected chi connectivity index (χ1v) is 8.35. The molecule has 0 bridgehead atoms. The third-order valence-corrected chi connectivity index (χ3v) is 6.14. The maximum atomic E-state index is 12.1. The zero-order valence-electron chi connectivity index (χ0n) is 10.00. The Morgan fingerprint density at radius 2 is 1.88 bits per heavy atom. The molecule has 0 aliphatic carbocycles. The molecular formula is C10H21BrN2O2S. The molecule has 16 heavy (non-hydrogen) atoms. The third-order valence-electron chi connectivity index (χ3n) is 3.11. The molecule has 1 aliphatic heterocycles. The Labute approximate surface area is 107 Å². The molecule has 0 radical (unpaired) electrons. The molecule has 1 heterocycles. The third kappa shape index (κ3) is 3.68. The lowest BCUT2D eigenvalue weighted by Gasteiger charge is -2.32. The smallest absolute Gasteiger partial charge is 0.195 e. The van der Waals surface area contributed by atoms with E-state index >= 15 is 0 Å². The Morgan fingerprint density at radius 1 is 1.31 bits per heavy atom. The first-order chi connectivity index (χ1) is 7.43. The van der Waals surface area contributed by atoms with Crippen molar-refractivity contribution >= 4 is 26.1 Å². The summed E-state index contributed by atoms with van der Waals surface area (Å²) in [5, 5.41) is 0.629. The van der Waals surface area contributed by atoms with Crippen molar-refractivity contribution in [3.8, 4) is 0 Å². The van der Waals surface area contributed by atoms with Gasteiger partial charge in [-0.1, -0.05) is 29.3 Å². The van der Waals surface area contributed by atoms with Crippen LogP contribution in [0.2, 0.25) is 0 Å². The molecule has 0 aromatic rings. The molecule has 0 aromatic heterocycles. The Balaban J connectivity index is 2.70. The second-order valence-corrected chi connectivity index (χ2v) is 6.85. The average molecular weight is 313 g/mol. The van der Waals surface area contributed by atoms with Crippen LogP contribution in [-0.2, 0) is 10.2 Å². The molecule has 1 N–H and O–H groups in total. The van der Waals surface area contributed by atoms with Crippen molar-refractivity contribution in [2.75, 3.05) is 18.4 Å². The monoisotopic (exact) mass is 312 g/mol. The Morgan fingerprint density at radius 3 is 2.31 bits per heavy atom. The highest BCUT2D eigenvalue weighted by molar-refractivity contribution is 9.09. The molecule has 1 aliphatic rings. The lowest BCUT2D eigenvalue weighted by atomic mass is 10.0. The normalized spacial score (nSPS) is 22.9. The number of piperidine rings is 1. The Bertz CT molecular complexity index is 309. The van der Waals surface area contributed by atoms with E-state index < -0.39 is 15.7 Å². The van der Waals surface area contributed by atoms with Crippen LogP contribution in [0.15, 0.2) is 0 Å². The summed E-state index contributed by atoms with van der Waals surface area (Å²) in [5.74, 6) is 0. The summed E-state index contributed by atoms with van der Waals surface area (Å²) >= 11 is 3.36. The van der Waals surface area contributed by atoms with Crippen LogP contribution in [0.25, 0.3) is 0 Å². The van der Waals surface area contributed by atoms with Crippen molar-refractivity contribution in [1.82, 2.24) is 9.03 Å². The van der Waals surface area contributed by atoms with Gasteiger partial charge in [0.05, 0.1) is 0 Å². The van der Waals surface area contributed by atoms with Crippen molar-refractivity contribution in [3.63, 3.8) is 0 Å². The standard InChI is InChI=1S/C10H21BrN2O2S/c1-3-10(2,9-11)12-16(14,15)13-7-5-4-6-8-13/h12H,3-9H2,1-2H3. The van der Waals surface area contributed by atoms with Crippen LogP contribution in [0.5, 0.6) is 0 Å². The lowest BCUT2D eigenvalue weighted by molar-refractivity contribution is 0.329. The summed E-state index contributed by atoms with van der Waals surface area (Å²) in [7, 11) is -3.31. The minimum Gasteiger partial charge on any atom is -0.195 e. The van der Waals surface area contributed by atoms with Crippen molar-refractivity contribution in [2.45, 2.75) is 45.1 Å². The van der Waals surface area contributed by atoms with E-state index in [0.717, 1.165) is 25.7 Å². The fraction of sp³-hybridized carbons (Fsp3) is 1.00. The molecule has 96 valence electrons. The van der Waals surface area contributed by atoms with Crippen molar-refractivity contribution in [2.24, 2.45) is 0 Å². The molecular weight excluding hydrogens is 292 g/mol. The van der Waals surface area contributed by atoms with E-state index in [2.05, 4.69) is 20.7 Å². The SMILES string of the molecule is CCC(C)(CBr)NS(=O)(=O)N1CCCCC1. The van der Waals surface area contributed by atoms with Gasteiger partial charge in [-0.05, 0) is 26.2 Å². The van der Waals surface area contributed by atoms with Gasteiger partial charge in [0.1, 0.15) is 0 Å². The molecule has 1 unspecified atom stereocenters. The number of nitrogens with one attached hydrogen (secondary N) is 1. The molecule has 0 spiro atoms. The summed E-state index contributed by atoms with van der Waals surface area (Å²) in [5.41, 5.74) is -0.393. The van der Waals surface area contributed by atoms with Gasteiger partial charge in [-0.25, -0.2) is 0 Å².